The Morgan fingerprint density at radius 1 is 1.27 bits per heavy atom. The minimum atomic E-state index is -0.705. The summed E-state index contributed by atoms with van der Waals surface area (Å²) in [7, 11) is 0. The normalized spacial score (nSPS) is 10.5. The number of halogens is 2. The fourth-order valence-corrected chi connectivity index (χ4v) is 2.42. The smallest absolute Gasteiger partial charge is 0.267 e. The highest BCUT2D eigenvalue weighted by molar-refractivity contribution is 6.42. The SMILES string of the molecule is CCn1c(C)cc(O)c(C(=O)Nc2ccc(Cl)c(Cl)c2)c1=O. The van der Waals surface area contributed by atoms with Gasteiger partial charge >= 0.3 is 0 Å². The minimum Gasteiger partial charge on any atom is -0.507 e. The molecule has 2 N–H and O–H groups in total. The summed E-state index contributed by atoms with van der Waals surface area (Å²) in [6.45, 7) is 3.87. The van der Waals surface area contributed by atoms with Gasteiger partial charge < -0.3 is 15.0 Å². The fraction of sp³-hybridized carbons (Fsp3) is 0.200. The van der Waals surface area contributed by atoms with Crippen molar-refractivity contribution in [2.45, 2.75) is 20.4 Å². The number of carbonyl (C=O) groups is 1. The Bertz CT molecular complexity index is 800. The number of anilines is 1. The van der Waals surface area contributed by atoms with Crippen LogP contribution in [0.5, 0.6) is 5.75 Å². The zero-order valence-corrected chi connectivity index (χ0v) is 13.5. The van der Waals surface area contributed by atoms with E-state index in [1.165, 1.54) is 22.8 Å². The lowest BCUT2D eigenvalue weighted by Gasteiger charge is -2.12. The molecule has 2 aromatic rings. The maximum atomic E-state index is 12.3. The maximum Gasteiger partial charge on any atom is 0.267 e. The van der Waals surface area contributed by atoms with Crippen LogP contribution in [0.25, 0.3) is 0 Å². The number of aromatic nitrogens is 1. The molecule has 0 aliphatic rings. The second kappa shape index (κ2) is 6.42. The summed E-state index contributed by atoms with van der Waals surface area (Å²) in [4.78, 5) is 24.6. The van der Waals surface area contributed by atoms with E-state index in [1.807, 2.05) is 0 Å². The lowest BCUT2D eigenvalue weighted by atomic mass is 10.2. The van der Waals surface area contributed by atoms with Crippen LogP contribution in [-0.4, -0.2) is 15.6 Å². The first-order valence-corrected chi connectivity index (χ1v) is 7.30. The predicted octanol–water partition coefficient (Wildman–Crippen LogP) is 3.44. The van der Waals surface area contributed by atoms with Gasteiger partial charge in [-0.05, 0) is 32.0 Å². The van der Waals surface area contributed by atoms with Gasteiger partial charge in [0.1, 0.15) is 11.3 Å². The summed E-state index contributed by atoms with van der Waals surface area (Å²) in [6.07, 6.45) is 0. The minimum absolute atomic E-state index is 0.276. The summed E-state index contributed by atoms with van der Waals surface area (Å²) in [5.74, 6) is -1.06. The summed E-state index contributed by atoms with van der Waals surface area (Å²) in [5, 5.41) is 13.1. The average Bonchev–Trinajstić information content (AvgIpc) is 2.42. The molecule has 116 valence electrons. The van der Waals surface area contributed by atoms with E-state index in [0.29, 0.717) is 22.9 Å². The largest absolute Gasteiger partial charge is 0.507 e. The van der Waals surface area contributed by atoms with Crippen LogP contribution in [0.2, 0.25) is 10.0 Å². The topological polar surface area (TPSA) is 71.3 Å². The zero-order chi connectivity index (χ0) is 16.4. The molecule has 0 aliphatic carbocycles. The van der Waals surface area contributed by atoms with E-state index in [1.54, 1.807) is 19.9 Å². The van der Waals surface area contributed by atoms with E-state index in [9.17, 15) is 14.7 Å². The molecule has 0 fully saturated rings. The number of aryl methyl sites for hydroxylation is 1. The summed E-state index contributed by atoms with van der Waals surface area (Å²) < 4.78 is 1.41. The number of nitrogens with one attached hydrogen (secondary N) is 1. The number of amides is 1. The Morgan fingerprint density at radius 3 is 2.55 bits per heavy atom. The highest BCUT2D eigenvalue weighted by Gasteiger charge is 2.19. The summed E-state index contributed by atoms with van der Waals surface area (Å²) in [6, 6.07) is 5.93. The van der Waals surface area contributed by atoms with Crippen molar-refractivity contribution in [3.05, 3.63) is 55.9 Å². The number of hydrogen-bond donors (Lipinski definition) is 2. The Morgan fingerprint density at radius 2 is 1.95 bits per heavy atom. The molecule has 0 aliphatic heterocycles. The number of carbonyl (C=O) groups excluding carboxylic acids is 1. The molecular formula is C15H14Cl2N2O3. The standard InChI is InChI=1S/C15H14Cl2N2O3/c1-3-19-8(2)6-12(20)13(15(19)22)14(21)18-9-4-5-10(16)11(17)7-9/h4-7,20H,3H2,1-2H3,(H,18,21). The van der Waals surface area contributed by atoms with E-state index >= 15 is 0 Å². The van der Waals surface area contributed by atoms with Gasteiger partial charge in [-0.2, -0.15) is 0 Å². The highest BCUT2D eigenvalue weighted by atomic mass is 35.5. The summed E-state index contributed by atoms with van der Waals surface area (Å²) in [5.41, 5.74) is 0.106. The first kappa shape index (κ1) is 16.4. The zero-order valence-electron chi connectivity index (χ0n) is 12.0. The molecule has 7 heteroatoms. The van der Waals surface area contributed by atoms with E-state index in [-0.39, 0.29) is 16.3 Å². The molecule has 1 aromatic carbocycles. The third kappa shape index (κ3) is 3.10. The van der Waals surface area contributed by atoms with Crippen molar-refractivity contribution in [1.29, 1.82) is 0 Å². The third-order valence-corrected chi connectivity index (χ3v) is 3.95. The van der Waals surface area contributed by atoms with Crippen LogP contribution < -0.4 is 10.9 Å². The van der Waals surface area contributed by atoms with Crippen molar-refractivity contribution in [2.75, 3.05) is 5.32 Å². The molecule has 1 heterocycles. The lowest BCUT2D eigenvalue weighted by Crippen LogP contribution is -2.30. The Balaban J connectivity index is 2.41. The second-order valence-electron chi connectivity index (χ2n) is 4.68. The molecule has 1 aromatic heterocycles. The first-order chi connectivity index (χ1) is 10.3. The average molecular weight is 341 g/mol. The van der Waals surface area contributed by atoms with Crippen molar-refractivity contribution in [3.8, 4) is 5.75 Å². The quantitative estimate of drug-likeness (QED) is 0.898. The molecule has 0 spiro atoms. The molecule has 2 rings (SSSR count). The highest BCUT2D eigenvalue weighted by Crippen LogP contribution is 2.25. The van der Waals surface area contributed by atoms with Crippen LogP contribution in [-0.2, 0) is 6.54 Å². The molecule has 0 unspecified atom stereocenters. The van der Waals surface area contributed by atoms with Crippen molar-refractivity contribution in [3.63, 3.8) is 0 Å². The molecular weight excluding hydrogens is 327 g/mol. The number of aromatic hydroxyl groups is 1. The van der Waals surface area contributed by atoms with E-state index in [4.69, 9.17) is 23.2 Å². The van der Waals surface area contributed by atoms with Gasteiger partial charge in [0.2, 0.25) is 0 Å². The number of pyridine rings is 1. The number of hydrogen-bond acceptors (Lipinski definition) is 3. The molecule has 0 saturated carbocycles. The van der Waals surface area contributed by atoms with E-state index in [2.05, 4.69) is 5.32 Å². The van der Waals surface area contributed by atoms with Gasteiger partial charge in [-0.25, -0.2) is 0 Å². The first-order valence-electron chi connectivity index (χ1n) is 6.55. The van der Waals surface area contributed by atoms with Gasteiger partial charge in [-0.1, -0.05) is 23.2 Å². The molecule has 0 bridgehead atoms. The van der Waals surface area contributed by atoms with E-state index in [0.717, 1.165) is 0 Å². The van der Waals surface area contributed by atoms with Gasteiger partial charge in [0.05, 0.1) is 10.0 Å². The number of benzene rings is 1. The van der Waals surface area contributed by atoms with Crippen LogP contribution in [0.4, 0.5) is 5.69 Å². The van der Waals surface area contributed by atoms with Crippen LogP contribution in [0.1, 0.15) is 23.0 Å². The lowest BCUT2D eigenvalue weighted by molar-refractivity contribution is 0.102. The number of nitrogens with zero attached hydrogens (tertiary/aromatic N) is 1. The molecule has 22 heavy (non-hydrogen) atoms. The number of rotatable bonds is 3. The molecule has 0 radical (unpaired) electrons. The molecule has 0 atom stereocenters. The van der Waals surface area contributed by atoms with Crippen LogP contribution in [0.15, 0.2) is 29.1 Å². The fourth-order valence-electron chi connectivity index (χ4n) is 2.13. The van der Waals surface area contributed by atoms with Crippen molar-refractivity contribution < 1.29 is 9.90 Å². The van der Waals surface area contributed by atoms with E-state index < -0.39 is 11.5 Å². The third-order valence-electron chi connectivity index (χ3n) is 3.21. The van der Waals surface area contributed by atoms with Gasteiger partial charge in [0.15, 0.2) is 0 Å². The summed E-state index contributed by atoms with van der Waals surface area (Å²) >= 11 is 11.7. The van der Waals surface area contributed by atoms with Crippen molar-refractivity contribution >= 4 is 34.8 Å². The molecule has 1 amide bonds. The Hall–Kier alpha value is -1.98. The van der Waals surface area contributed by atoms with Gasteiger partial charge in [0, 0.05) is 24.0 Å². The Labute approximate surface area is 137 Å². The Kier molecular flexibility index (Phi) is 4.78. The van der Waals surface area contributed by atoms with Crippen molar-refractivity contribution in [1.82, 2.24) is 4.57 Å². The maximum absolute atomic E-state index is 12.3. The van der Waals surface area contributed by atoms with Crippen LogP contribution in [0.3, 0.4) is 0 Å². The monoisotopic (exact) mass is 340 g/mol. The van der Waals surface area contributed by atoms with Crippen LogP contribution >= 0.6 is 23.2 Å². The predicted molar refractivity (Wildman–Crippen MR) is 87.2 cm³/mol. The molecule has 0 saturated heterocycles. The van der Waals surface area contributed by atoms with Gasteiger partial charge in [-0.3, -0.25) is 9.59 Å². The van der Waals surface area contributed by atoms with Gasteiger partial charge in [0.25, 0.3) is 11.5 Å². The van der Waals surface area contributed by atoms with Crippen molar-refractivity contribution in [2.24, 2.45) is 0 Å². The second-order valence-corrected chi connectivity index (χ2v) is 5.49. The van der Waals surface area contributed by atoms with Crippen LogP contribution in [0, 0.1) is 6.92 Å². The van der Waals surface area contributed by atoms with Gasteiger partial charge in [-0.15, -0.1) is 0 Å². The molecule has 5 nitrogen and oxygen atoms in total.